The van der Waals surface area contributed by atoms with Gasteiger partial charge in [0.2, 0.25) is 0 Å². The summed E-state index contributed by atoms with van der Waals surface area (Å²) < 4.78 is 5.08. The average Bonchev–Trinajstić information content (AvgIpc) is 2.59. The zero-order valence-corrected chi connectivity index (χ0v) is 12.2. The lowest BCUT2D eigenvalue weighted by Gasteiger charge is -2.09. The third-order valence-corrected chi connectivity index (χ3v) is 3.19. The zero-order chi connectivity index (χ0) is 16.8. The molecule has 7 nitrogen and oxygen atoms in total. The van der Waals surface area contributed by atoms with Gasteiger partial charge in [-0.15, -0.1) is 0 Å². The van der Waals surface area contributed by atoms with Crippen molar-refractivity contribution in [3.05, 3.63) is 63.2 Å². The Morgan fingerprint density at radius 1 is 1.17 bits per heavy atom. The summed E-state index contributed by atoms with van der Waals surface area (Å²) in [6, 6.07) is 13.3. The van der Waals surface area contributed by atoms with E-state index in [1.165, 1.54) is 25.3 Å². The SMILES string of the molecule is COc1ccc(CNc2ccc([N+](=O)[O-])c(C#N)c2)cc1C#N. The highest BCUT2D eigenvalue weighted by molar-refractivity contribution is 5.59. The number of benzene rings is 2. The van der Waals surface area contributed by atoms with Crippen LogP contribution in [-0.2, 0) is 6.54 Å². The molecule has 1 N–H and O–H groups in total. The monoisotopic (exact) mass is 308 g/mol. The summed E-state index contributed by atoms with van der Waals surface area (Å²) in [6.45, 7) is 0.404. The van der Waals surface area contributed by atoms with Crippen molar-refractivity contribution in [1.29, 1.82) is 10.5 Å². The lowest BCUT2D eigenvalue weighted by molar-refractivity contribution is -0.385. The van der Waals surface area contributed by atoms with Gasteiger partial charge in [-0.2, -0.15) is 10.5 Å². The van der Waals surface area contributed by atoms with Crippen molar-refractivity contribution in [2.24, 2.45) is 0 Å². The number of anilines is 1. The van der Waals surface area contributed by atoms with Crippen LogP contribution >= 0.6 is 0 Å². The van der Waals surface area contributed by atoms with Crippen molar-refractivity contribution in [2.45, 2.75) is 6.54 Å². The maximum absolute atomic E-state index is 10.8. The highest BCUT2D eigenvalue weighted by Gasteiger charge is 2.13. The second-order valence-electron chi connectivity index (χ2n) is 4.60. The molecule has 0 aliphatic carbocycles. The van der Waals surface area contributed by atoms with Crippen molar-refractivity contribution < 1.29 is 9.66 Å². The van der Waals surface area contributed by atoms with E-state index in [-0.39, 0.29) is 11.3 Å². The fraction of sp³-hybridized carbons (Fsp3) is 0.125. The molecule has 114 valence electrons. The van der Waals surface area contributed by atoms with Gasteiger partial charge < -0.3 is 10.1 Å². The number of methoxy groups -OCH3 is 1. The molecule has 2 aromatic carbocycles. The van der Waals surface area contributed by atoms with E-state index in [1.54, 1.807) is 12.1 Å². The van der Waals surface area contributed by atoms with Crippen LogP contribution in [-0.4, -0.2) is 12.0 Å². The van der Waals surface area contributed by atoms with Gasteiger partial charge >= 0.3 is 0 Å². The van der Waals surface area contributed by atoms with Crippen molar-refractivity contribution in [2.75, 3.05) is 12.4 Å². The van der Waals surface area contributed by atoms with Crippen molar-refractivity contribution >= 4 is 11.4 Å². The van der Waals surface area contributed by atoms with Crippen LogP contribution in [0.2, 0.25) is 0 Å². The van der Waals surface area contributed by atoms with Gasteiger partial charge in [-0.1, -0.05) is 6.07 Å². The van der Waals surface area contributed by atoms with Gasteiger partial charge in [0, 0.05) is 18.3 Å². The molecule has 0 saturated carbocycles. The Morgan fingerprint density at radius 3 is 2.52 bits per heavy atom. The lowest BCUT2D eigenvalue weighted by Crippen LogP contribution is -2.01. The first kappa shape index (κ1) is 15.8. The van der Waals surface area contributed by atoms with E-state index < -0.39 is 4.92 Å². The van der Waals surface area contributed by atoms with Crippen LogP contribution in [0.3, 0.4) is 0 Å². The minimum atomic E-state index is -0.592. The third kappa shape index (κ3) is 3.55. The van der Waals surface area contributed by atoms with Gasteiger partial charge in [0.1, 0.15) is 23.5 Å². The standard InChI is InChI=1S/C16H12N4O3/c1-23-16-5-2-11(6-13(16)9-18)10-19-14-3-4-15(20(21)22)12(7-14)8-17/h2-7,19H,10H2,1H3. The molecule has 0 radical (unpaired) electrons. The first-order chi connectivity index (χ1) is 11.1. The Kier molecular flexibility index (Phi) is 4.75. The largest absolute Gasteiger partial charge is 0.495 e. The van der Waals surface area contributed by atoms with Crippen LogP contribution in [0.25, 0.3) is 0 Å². The number of nitro groups is 1. The number of rotatable bonds is 5. The molecule has 0 atom stereocenters. The molecule has 0 fully saturated rings. The van der Waals surface area contributed by atoms with Gasteiger partial charge in [-0.3, -0.25) is 10.1 Å². The molecule has 0 aliphatic heterocycles. The van der Waals surface area contributed by atoms with Gasteiger partial charge in [0.05, 0.1) is 17.6 Å². The maximum atomic E-state index is 10.8. The first-order valence-electron chi connectivity index (χ1n) is 6.58. The predicted octanol–water partition coefficient (Wildman–Crippen LogP) is 2.96. The number of ether oxygens (including phenoxy) is 1. The second kappa shape index (κ2) is 6.92. The summed E-state index contributed by atoms with van der Waals surface area (Å²) in [7, 11) is 1.49. The van der Waals surface area contributed by atoms with Crippen LogP contribution in [0, 0.1) is 32.8 Å². The fourth-order valence-electron chi connectivity index (χ4n) is 2.05. The summed E-state index contributed by atoms with van der Waals surface area (Å²) in [5.41, 5.74) is 1.62. The normalized spacial score (nSPS) is 9.52. The topological polar surface area (TPSA) is 112 Å². The molecule has 2 aromatic rings. The molecule has 0 aromatic heterocycles. The Bertz CT molecular complexity index is 834. The Balaban J connectivity index is 2.17. The molecular weight excluding hydrogens is 296 g/mol. The Hall–Kier alpha value is -3.58. The molecule has 2 rings (SSSR count). The van der Waals surface area contributed by atoms with E-state index in [0.29, 0.717) is 23.5 Å². The molecule has 23 heavy (non-hydrogen) atoms. The van der Waals surface area contributed by atoms with E-state index in [9.17, 15) is 10.1 Å². The number of nitriles is 2. The predicted molar refractivity (Wildman–Crippen MR) is 82.8 cm³/mol. The lowest BCUT2D eigenvalue weighted by atomic mass is 10.1. The van der Waals surface area contributed by atoms with Crippen LogP contribution < -0.4 is 10.1 Å². The third-order valence-electron chi connectivity index (χ3n) is 3.19. The molecule has 0 amide bonds. The number of hydrogen-bond acceptors (Lipinski definition) is 6. The minimum absolute atomic E-state index is 0.00700. The molecule has 0 spiro atoms. The van der Waals surface area contributed by atoms with E-state index in [2.05, 4.69) is 11.4 Å². The van der Waals surface area contributed by atoms with Crippen LogP contribution in [0.1, 0.15) is 16.7 Å². The van der Waals surface area contributed by atoms with Crippen LogP contribution in [0.15, 0.2) is 36.4 Å². The number of nitro benzene ring substituents is 1. The fourth-order valence-corrected chi connectivity index (χ4v) is 2.05. The molecule has 0 bridgehead atoms. The van der Waals surface area contributed by atoms with E-state index in [0.717, 1.165) is 5.56 Å². The Morgan fingerprint density at radius 2 is 1.91 bits per heavy atom. The van der Waals surface area contributed by atoms with Gasteiger partial charge in [0.15, 0.2) is 0 Å². The molecule has 0 saturated heterocycles. The molecule has 0 unspecified atom stereocenters. The molecule has 7 heteroatoms. The minimum Gasteiger partial charge on any atom is -0.495 e. The van der Waals surface area contributed by atoms with E-state index in [1.807, 2.05) is 12.1 Å². The van der Waals surface area contributed by atoms with Gasteiger partial charge in [0.25, 0.3) is 5.69 Å². The van der Waals surface area contributed by atoms with Crippen LogP contribution in [0.5, 0.6) is 5.75 Å². The molecule has 0 heterocycles. The maximum Gasteiger partial charge on any atom is 0.287 e. The van der Waals surface area contributed by atoms with Crippen LogP contribution in [0.4, 0.5) is 11.4 Å². The Labute approximate surface area is 132 Å². The van der Waals surface area contributed by atoms with E-state index >= 15 is 0 Å². The summed E-state index contributed by atoms with van der Waals surface area (Å²) in [5, 5.41) is 31.9. The molecular formula is C16H12N4O3. The summed E-state index contributed by atoms with van der Waals surface area (Å²) in [5.74, 6) is 0.498. The van der Waals surface area contributed by atoms with Gasteiger partial charge in [-0.25, -0.2) is 0 Å². The summed E-state index contributed by atoms with van der Waals surface area (Å²) in [4.78, 5) is 10.2. The van der Waals surface area contributed by atoms with Crippen molar-refractivity contribution in [1.82, 2.24) is 0 Å². The quantitative estimate of drug-likeness (QED) is 0.671. The average molecular weight is 308 g/mol. The van der Waals surface area contributed by atoms with E-state index in [4.69, 9.17) is 15.3 Å². The van der Waals surface area contributed by atoms with Crippen molar-refractivity contribution in [3.8, 4) is 17.9 Å². The molecule has 0 aliphatic rings. The zero-order valence-electron chi connectivity index (χ0n) is 12.2. The highest BCUT2D eigenvalue weighted by atomic mass is 16.6. The highest BCUT2D eigenvalue weighted by Crippen LogP contribution is 2.23. The number of nitrogens with zero attached hydrogens (tertiary/aromatic N) is 3. The number of hydrogen-bond donors (Lipinski definition) is 1. The summed E-state index contributed by atoms with van der Waals surface area (Å²) in [6.07, 6.45) is 0. The number of nitrogens with one attached hydrogen (secondary N) is 1. The second-order valence-corrected chi connectivity index (χ2v) is 4.60. The summed E-state index contributed by atoms with van der Waals surface area (Å²) >= 11 is 0. The first-order valence-corrected chi connectivity index (χ1v) is 6.58. The smallest absolute Gasteiger partial charge is 0.287 e. The van der Waals surface area contributed by atoms with Crippen molar-refractivity contribution in [3.63, 3.8) is 0 Å². The van der Waals surface area contributed by atoms with Gasteiger partial charge in [-0.05, 0) is 29.8 Å².